The summed E-state index contributed by atoms with van der Waals surface area (Å²) in [5.41, 5.74) is 1.14. The van der Waals surface area contributed by atoms with Crippen LogP contribution in [0.2, 0.25) is 0 Å². The van der Waals surface area contributed by atoms with E-state index in [2.05, 4.69) is 11.4 Å². The van der Waals surface area contributed by atoms with E-state index in [0.29, 0.717) is 25.2 Å². The van der Waals surface area contributed by atoms with E-state index in [9.17, 15) is 5.11 Å². The van der Waals surface area contributed by atoms with Crippen LogP contribution in [0.1, 0.15) is 31.2 Å². The Balaban J connectivity index is 1.66. The summed E-state index contributed by atoms with van der Waals surface area (Å²) in [5.74, 6) is 2.11. The molecule has 1 aromatic rings. The fourth-order valence-electron chi connectivity index (χ4n) is 3.21. The Morgan fingerprint density at radius 2 is 2.00 bits per heavy atom. The third-order valence-electron chi connectivity index (χ3n) is 4.35. The van der Waals surface area contributed by atoms with Crippen LogP contribution in [0, 0.1) is 5.92 Å². The minimum absolute atomic E-state index is 0.282. The maximum atomic E-state index is 9.47. The van der Waals surface area contributed by atoms with Gasteiger partial charge in [-0.25, -0.2) is 0 Å². The molecule has 0 saturated heterocycles. The van der Waals surface area contributed by atoms with Crippen molar-refractivity contribution in [2.45, 2.75) is 38.3 Å². The largest absolute Gasteiger partial charge is 0.486 e. The molecule has 2 unspecified atom stereocenters. The summed E-state index contributed by atoms with van der Waals surface area (Å²) < 4.78 is 11.3. The maximum Gasteiger partial charge on any atom is 0.165 e. The highest BCUT2D eigenvalue weighted by atomic mass is 16.6. The van der Waals surface area contributed by atoms with Crippen molar-refractivity contribution in [1.29, 1.82) is 0 Å². The number of rotatable bonds is 4. The minimum Gasteiger partial charge on any atom is -0.486 e. The van der Waals surface area contributed by atoms with E-state index in [1.165, 1.54) is 12.8 Å². The fourth-order valence-corrected chi connectivity index (χ4v) is 3.21. The molecule has 0 spiro atoms. The number of hydrogen-bond acceptors (Lipinski definition) is 4. The molecule has 4 nitrogen and oxygen atoms in total. The van der Waals surface area contributed by atoms with Crippen LogP contribution in [0.25, 0.3) is 0 Å². The average molecular weight is 277 g/mol. The lowest BCUT2D eigenvalue weighted by molar-refractivity contribution is 0.150. The summed E-state index contributed by atoms with van der Waals surface area (Å²) >= 11 is 0. The summed E-state index contributed by atoms with van der Waals surface area (Å²) in [6.07, 6.45) is 4.76. The van der Waals surface area contributed by atoms with Gasteiger partial charge in [-0.1, -0.05) is 25.0 Å². The summed E-state index contributed by atoms with van der Waals surface area (Å²) in [7, 11) is 0. The Kier molecular flexibility index (Phi) is 4.43. The highest BCUT2D eigenvalue weighted by Crippen LogP contribution is 2.34. The van der Waals surface area contributed by atoms with E-state index >= 15 is 0 Å². The van der Waals surface area contributed by atoms with Crippen molar-refractivity contribution in [2.75, 3.05) is 19.8 Å². The number of aliphatic hydroxyl groups is 1. The minimum atomic E-state index is 0.282. The molecule has 2 atom stereocenters. The second-order valence-corrected chi connectivity index (χ2v) is 5.66. The number of benzene rings is 1. The molecule has 20 heavy (non-hydrogen) atoms. The van der Waals surface area contributed by atoms with Gasteiger partial charge < -0.3 is 19.9 Å². The van der Waals surface area contributed by atoms with Crippen LogP contribution in [0.3, 0.4) is 0 Å². The first-order chi connectivity index (χ1) is 9.88. The SMILES string of the molecule is OCC1CCCCC1NCc1cccc2c1OCCO2. The summed E-state index contributed by atoms with van der Waals surface area (Å²) in [5, 5.41) is 13.1. The molecule has 0 amide bonds. The molecule has 3 rings (SSSR count). The lowest BCUT2D eigenvalue weighted by atomic mass is 9.85. The van der Waals surface area contributed by atoms with Crippen molar-refractivity contribution in [3.8, 4) is 11.5 Å². The van der Waals surface area contributed by atoms with Gasteiger partial charge in [0.2, 0.25) is 0 Å². The molecular weight excluding hydrogens is 254 g/mol. The van der Waals surface area contributed by atoms with Gasteiger partial charge in [0, 0.05) is 24.8 Å². The van der Waals surface area contributed by atoms with Crippen molar-refractivity contribution in [2.24, 2.45) is 5.92 Å². The average Bonchev–Trinajstić information content (AvgIpc) is 2.53. The standard InChI is InChI=1S/C16H23NO3/c18-11-13-4-1-2-6-14(13)17-10-12-5-3-7-15-16(12)20-9-8-19-15/h3,5,7,13-14,17-18H,1-2,4,6,8-11H2. The van der Waals surface area contributed by atoms with Gasteiger partial charge >= 0.3 is 0 Å². The van der Waals surface area contributed by atoms with Crippen LogP contribution in [0.5, 0.6) is 11.5 Å². The van der Waals surface area contributed by atoms with Gasteiger partial charge in [0.15, 0.2) is 11.5 Å². The third kappa shape index (κ3) is 2.91. The molecule has 110 valence electrons. The molecule has 1 fully saturated rings. The van der Waals surface area contributed by atoms with E-state index in [-0.39, 0.29) is 6.61 Å². The van der Waals surface area contributed by atoms with Crippen LogP contribution in [-0.2, 0) is 6.54 Å². The van der Waals surface area contributed by atoms with Gasteiger partial charge in [-0.3, -0.25) is 0 Å². The van der Waals surface area contributed by atoms with Crippen molar-refractivity contribution in [1.82, 2.24) is 5.32 Å². The van der Waals surface area contributed by atoms with Gasteiger partial charge in [-0.15, -0.1) is 0 Å². The second kappa shape index (κ2) is 6.46. The number of nitrogens with one attached hydrogen (secondary N) is 1. The molecule has 1 aliphatic carbocycles. The van der Waals surface area contributed by atoms with E-state index in [4.69, 9.17) is 9.47 Å². The number of aliphatic hydroxyl groups excluding tert-OH is 1. The predicted octanol–water partition coefficient (Wildman–Crippen LogP) is 2.10. The van der Waals surface area contributed by atoms with E-state index < -0.39 is 0 Å². The van der Waals surface area contributed by atoms with E-state index in [1.807, 2.05) is 12.1 Å². The van der Waals surface area contributed by atoms with E-state index in [0.717, 1.165) is 36.4 Å². The molecule has 2 aliphatic rings. The van der Waals surface area contributed by atoms with Crippen LogP contribution in [0.15, 0.2) is 18.2 Å². The molecule has 1 heterocycles. The molecule has 1 saturated carbocycles. The van der Waals surface area contributed by atoms with Gasteiger partial charge in [0.1, 0.15) is 13.2 Å². The van der Waals surface area contributed by atoms with Gasteiger partial charge in [-0.05, 0) is 24.8 Å². The topological polar surface area (TPSA) is 50.7 Å². The van der Waals surface area contributed by atoms with Crippen molar-refractivity contribution < 1.29 is 14.6 Å². The maximum absolute atomic E-state index is 9.47. The molecule has 0 bridgehead atoms. The molecule has 4 heteroatoms. The Bertz CT molecular complexity index is 449. The van der Waals surface area contributed by atoms with Gasteiger partial charge in [0.05, 0.1) is 0 Å². The number of fused-ring (bicyclic) bond motifs is 1. The zero-order valence-electron chi connectivity index (χ0n) is 11.8. The quantitative estimate of drug-likeness (QED) is 0.885. The second-order valence-electron chi connectivity index (χ2n) is 5.66. The summed E-state index contributed by atoms with van der Waals surface area (Å²) in [4.78, 5) is 0. The predicted molar refractivity (Wildman–Crippen MR) is 77.1 cm³/mol. The summed E-state index contributed by atoms with van der Waals surface area (Å²) in [6.45, 7) is 2.30. The lowest BCUT2D eigenvalue weighted by Crippen LogP contribution is -2.39. The molecule has 1 aromatic carbocycles. The van der Waals surface area contributed by atoms with Crippen molar-refractivity contribution in [3.63, 3.8) is 0 Å². The van der Waals surface area contributed by atoms with Crippen LogP contribution in [0.4, 0.5) is 0 Å². The van der Waals surface area contributed by atoms with Crippen LogP contribution >= 0.6 is 0 Å². The highest BCUT2D eigenvalue weighted by Gasteiger charge is 2.24. The van der Waals surface area contributed by atoms with Crippen LogP contribution < -0.4 is 14.8 Å². The normalized spacial score (nSPS) is 25.4. The fraction of sp³-hybridized carbons (Fsp3) is 0.625. The van der Waals surface area contributed by atoms with Crippen molar-refractivity contribution >= 4 is 0 Å². The third-order valence-corrected chi connectivity index (χ3v) is 4.35. The van der Waals surface area contributed by atoms with E-state index in [1.54, 1.807) is 0 Å². The first-order valence-corrected chi connectivity index (χ1v) is 7.60. The van der Waals surface area contributed by atoms with Gasteiger partial charge in [0.25, 0.3) is 0 Å². The molecule has 0 aromatic heterocycles. The zero-order chi connectivity index (χ0) is 13.8. The van der Waals surface area contributed by atoms with Crippen molar-refractivity contribution in [3.05, 3.63) is 23.8 Å². The number of para-hydroxylation sites is 1. The highest BCUT2D eigenvalue weighted by molar-refractivity contribution is 5.47. The number of ether oxygens (including phenoxy) is 2. The summed E-state index contributed by atoms with van der Waals surface area (Å²) in [6, 6.07) is 6.45. The molecule has 0 radical (unpaired) electrons. The van der Waals surface area contributed by atoms with Crippen LogP contribution in [-0.4, -0.2) is 31.0 Å². The lowest BCUT2D eigenvalue weighted by Gasteiger charge is -2.31. The Hall–Kier alpha value is -1.26. The number of hydrogen-bond donors (Lipinski definition) is 2. The monoisotopic (exact) mass is 277 g/mol. The first kappa shape index (κ1) is 13.7. The smallest absolute Gasteiger partial charge is 0.165 e. The molecular formula is C16H23NO3. The Morgan fingerprint density at radius 1 is 1.15 bits per heavy atom. The molecule has 1 aliphatic heterocycles. The van der Waals surface area contributed by atoms with Gasteiger partial charge in [-0.2, -0.15) is 0 Å². The first-order valence-electron chi connectivity index (χ1n) is 7.60. The zero-order valence-corrected chi connectivity index (χ0v) is 11.8. The Morgan fingerprint density at radius 3 is 2.90 bits per heavy atom. The Labute approximate surface area is 120 Å². The molecule has 2 N–H and O–H groups in total.